The molecule has 2 N–H and O–H groups in total. The highest BCUT2D eigenvalue weighted by Gasteiger charge is 2.19. The van der Waals surface area contributed by atoms with E-state index in [1.54, 1.807) is 5.38 Å². The summed E-state index contributed by atoms with van der Waals surface area (Å²) in [4.78, 5) is 28.4. The van der Waals surface area contributed by atoms with Crippen LogP contribution in [-0.4, -0.2) is 16.8 Å². The Morgan fingerprint density at radius 3 is 2.56 bits per heavy atom. The number of aryl methyl sites for hydroxylation is 1. The van der Waals surface area contributed by atoms with Crippen molar-refractivity contribution in [1.29, 1.82) is 0 Å². The molecule has 1 heterocycles. The molecule has 0 radical (unpaired) electrons. The third kappa shape index (κ3) is 4.66. The normalized spacial score (nSPS) is 14.4. The molecule has 3 rings (SSSR count). The van der Waals surface area contributed by atoms with Gasteiger partial charge in [-0.1, -0.05) is 44.0 Å². The predicted molar refractivity (Wildman–Crippen MR) is 99.1 cm³/mol. The number of rotatable bonds is 5. The molecule has 1 aliphatic carbocycles. The van der Waals surface area contributed by atoms with E-state index in [9.17, 15) is 9.59 Å². The average Bonchev–Trinajstić information content (AvgIpc) is 3.31. The highest BCUT2D eigenvalue weighted by Crippen LogP contribution is 2.27. The molecular formula is C19H23N3O2S. The number of amides is 2. The zero-order valence-electron chi connectivity index (χ0n) is 14.4. The fraction of sp³-hybridized carbons (Fsp3) is 0.421. The molecule has 0 bridgehead atoms. The van der Waals surface area contributed by atoms with Crippen LogP contribution >= 0.6 is 11.3 Å². The number of carbonyl (C=O) groups excluding carboxylic acids is 2. The van der Waals surface area contributed by atoms with Crippen LogP contribution in [0.3, 0.4) is 0 Å². The first kappa shape index (κ1) is 17.6. The molecule has 132 valence electrons. The zero-order valence-corrected chi connectivity index (χ0v) is 15.2. The lowest BCUT2D eigenvalue weighted by Crippen LogP contribution is -2.42. The monoisotopic (exact) mass is 357 g/mol. The van der Waals surface area contributed by atoms with Crippen molar-refractivity contribution in [2.45, 2.75) is 45.4 Å². The number of benzene rings is 1. The molecule has 1 fully saturated rings. The minimum atomic E-state index is -0.382. The second-order valence-corrected chi connectivity index (χ2v) is 7.30. The Kier molecular flexibility index (Phi) is 5.81. The standard InChI is InChI=1S/C19H23N3O2S/c1-2-13-7-9-15(10-8-13)19-20-16(12-25-19)18(24)22-21-17(23)11-14-5-3-4-6-14/h7-10,12,14H,2-6,11H2,1H3,(H,21,23)(H,22,24). The van der Waals surface area contributed by atoms with Gasteiger partial charge in [0, 0.05) is 17.4 Å². The van der Waals surface area contributed by atoms with E-state index < -0.39 is 0 Å². The van der Waals surface area contributed by atoms with Crippen LogP contribution in [0.1, 0.15) is 55.1 Å². The maximum Gasteiger partial charge on any atom is 0.289 e. The van der Waals surface area contributed by atoms with Crippen LogP contribution in [0, 0.1) is 5.92 Å². The lowest BCUT2D eigenvalue weighted by atomic mass is 10.0. The van der Waals surface area contributed by atoms with E-state index in [1.165, 1.54) is 29.7 Å². The number of hydrogen-bond donors (Lipinski definition) is 2. The number of hydrazine groups is 1. The van der Waals surface area contributed by atoms with E-state index in [0.29, 0.717) is 18.0 Å². The van der Waals surface area contributed by atoms with Gasteiger partial charge in [0.2, 0.25) is 5.91 Å². The molecule has 6 heteroatoms. The van der Waals surface area contributed by atoms with Crippen molar-refractivity contribution in [1.82, 2.24) is 15.8 Å². The number of nitrogens with zero attached hydrogens (tertiary/aromatic N) is 1. The number of carbonyl (C=O) groups is 2. The van der Waals surface area contributed by atoms with Crippen molar-refractivity contribution in [2.24, 2.45) is 5.92 Å². The Bertz CT molecular complexity index is 733. The van der Waals surface area contributed by atoms with E-state index in [2.05, 4.69) is 34.9 Å². The Morgan fingerprint density at radius 2 is 1.88 bits per heavy atom. The van der Waals surface area contributed by atoms with Crippen LogP contribution in [0.4, 0.5) is 0 Å². The molecule has 5 nitrogen and oxygen atoms in total. The summed E-state index contributed by atoms with van der Waals surface area (Å²) in [6.45, 7) is 2.11. The molecule has 1 aliphatic rings. The van der Waals surface area contributed by atoms with Gasteiger partial charge in [-0.3, -0.25) is 20.4 Å². The molecule has 0 spiro atoms. The summed E-state index contributed by atoms with van der Waals surface area (Å²) in [5.41, 5.74) is 7.54. The SMILES string of the molecule is CCc1ccc(-c2nc(C(=O)NNC(=O)CC3CCCC3)cs2)cc1. The Morgan fingerprint density at radius 1 is 1.16 bits per heavy atom. The molecule has 0 atom stereocenters. The van der Waals surface area contributed by atoms with Crippen LogP contribution in [-0.2, 0) is 11.2 Å². The first-order chi connectivity index (χ1) is 12.2. The second kappa shape index (κ2) is 8.25. The van der Waals surface area contributed by atoms with Crippen molar-refractivity contribution in [3.05, 3.63) is 40.9 Å². The summed E-state index contributed by atoms with van der Waals surface area (Å²) in [6.07, 6.45) is 6.08. The van der Waals surface area contributed by atoms with Crippen molar-refractivity contribution >= 4 is 23.2 Å². The lowest BCUT2D eigenvalue weighted by Gasteiger charge is -2.09. The van der Waals surface area contributed by atoms with Gasteiger partial charge in [0.15, 0.2) is 0 Å². The van der Waals surface area contributed by atoms with Gasteiger partial charge in [-0.2, -0.15) is 0 Å². The van der Waals surface area contributed by atoms with Gasteiger partial charge in [-0.25, -0.2) is 4.98 Å². The van der Waals surface area contributed by atoms with Crippen molar-refractivity contribution in [2.75, 3.05) is 0 Å². The van der Waals surface area contributed by atoms with E-state index in [1.807, 2.05) is 12.1 Å². The third-order valence-electron chi connectivity index (χ3n) is 4.61. The van der Waals surface area contributed by atoms with Crippen LogP contribution < -0.4 is 10.9 Å². The van der Waals surface area contributed by atoms with Gasteiger partial charge in [0.1, 0.15) is 10.7 Å². The van der Waals surface area contributed by atoms with Crippen LogP contribution in [0.25, 0.3) is 10.6 Å². The fourth-order valence-corrected chi connectivity index (χ4v) is 3.92. The van der Waals surface area contributed by atoms with Crippen molar-refractivity contribution in [3.8, 4) is 10.6 Å². The summed E-state index contributed by atoms with van der Waals surface area (Å²) in [6, 6.07) is 8.17. The molecule has 1 aromatic heterocycles. The van der Waals surface area contributed by atoms with E-state index >= 15 is 0 Å². The van der Waals surface area contributed by atoms with Gasteiger partial charge < -0.3 is 0 Å². The van der Waals surface area contributed by atoms with E-state index in [0.717, 1.165) is 29.8 Å². The number of nitrogens with one attached hydrogen (secondary N) is 2. The maximum atomic E-state index is 12.1. The van der Waals surface area contributed by atoms with E-state index in [4.69, 9.17) is 0 Å². The minimum absolute atomic E-state index is 0.133. The van der Waals surface area contributed by atoms with Crippen LogP contribution in [0.2, 0.25) is 0 Å². The summed E-state index contributed by atoms with van der Waals surface area (Å²) < 4.78 is 0. The van der Waals surface area contributed by atoms with Crippen LogP contribution in [0.15, 0.2) is 29.6 Å². The summed E-state index contributed by atoms with van der Waals surface area (Å²) in [5, 5.41) is 2.51. The Hall–Kier alpha value is -2.21. The highest BCUT2D eigenvalue weighted by molar-refractivity contribution is 7.13. The molecule has 1 aromatic carbocycles. The molecule has 0 unspecified atom stereocenters. The topological polar surface area (TPSA) is 71.1 Å². The quantitative estimate of drug-likeness (QED) is 0.801. The largest absolute Gasteiger partial charge is 0.289 e. The first-order valence-corrected chi connectivity index (χ1v) is 9.67. The van der Waals surface area contributed by atoms with Gasteiger partial charge >= 0.3 is 0 Å². The average molecular weight is 357 g/mol. The lowest BCUT2D eigenvalue weighted by molar-refractivity contribution is -0.122. The van der Waals surface area contributed by atoms with E-state index in [-0.39, 0.29) is 11.8 Å². The number of aromatic nitrogens is 1. The maximum absolute atomic E-state index is 12.1. The third-order valence-corrected chi connectivity index (χ3v) is 5.50. The van der Waals surface area contributed by atoms with Gasteiger partial charge in [-0.15, -0.1) is 11.3 Å². The minimum Gasteiger partial charge on any atom is -0.273 e. The van der Waals surface area contributed by atoms with Crippen LogP contribution in [0.5, 0.6) is 0 Å². The Balaban J connectivity index is 1.53. The zero-order chi connectivity index (χ0) is 17.6. The molecule has 0 saturated heterocycles. The molecular weight excluding hydrogens is 334 g/mol. The smallest absolute Gasteiger partial charge is 0.273 e. The van der Waals surface area contributed by atoms with Crippen molar-refractivity contribution < 1.29 is 9.59 Å². The molecule has 2 amide bonds. The first-order valence-electron chi connectivity index (χ1n) is 8.79. The van der Waals surface area contributed by atoms with Crippen molar-refractivity contribution in [3.63, 3.8) is 0 Å². The summed E-state index contributed by atoms with van der Waals surface area (Å²) in [7, 11) is 0. The predicted octanol–water partition coefficient (Wildman–Crippen LogP) is 3.71. The Labute approximate surface area is 151 Å². The fourth-order valence-electron chi connectivity index (χ4n) is 3.11. The highest BCUT2D eigenvalue weighted by atomic mass is 32.1. The molecule has 1 saturated carbocycles. The second-order valence-electron chi connectivity index (χ2n) is 6.45. The molecule has 0 aliphatic heterocycles. The van der Waals surface area contributed by atoms with Gasteiger partial charge in [0.05, 0.1) is 0 Å². The molecule has 2 aromatic rings. The number of thiazole rings is 1. The number of hydrogen-bond acceptors (Lipinski definition) is 4. The molecule has 25 heavy (non-hydrogen) atoms. The summed E-state index contributed by atoms with van der Waals surface area (Å²) in [5.74, 6) is -0.0628. The van der Waals surface area contributed by atoms with Gasteiger partial charge in [-0.05, 0) is 30.7 Å². The summed E-state index contributed by atoms with van der Waals surface area (Å²) >= 11 is 1.42. The van der Waals surface area contributed by atoms with Gasteiger partial charge in [0.25, 0.3) is 5.91 Å².